The standard InChI is InChI=1S/C15H22FN/c1-10-8-11(4-5-13(10)16)12-9-15(2,3)7-6-14(12)17/h4-5,8,12,14H,6-7,9,17H2,1-3H3. The van der Waals surface area contributed by atoms with E-state index in [-0.39, 0.29) is 11.9 Å². The van der Waals surface area contributed by atoms with Gasteiger partial charge in [0.2, 0.25) is 0 Å². The van der Waals surface area contributed by atoms with Gasteiger partial charge in [-0.1, -0.05) is 26.0 Å². The molecule has 1 aromatic rings. The molecule has 0 radical (unpaired) electrons. The van der Waals surface area contributed by atoms with Crippen LogP contribution in [0.4, 0.5) is 4.39 Å². The average molecular weight is 235 g/mol. The van der Waals surface area contributed by atoms with Gasteiger partial charge in [0.15, 0.2) is 0 Å². The Morgan fingerprint density at radius 2 is 2.06 bits per heavy atom. The van der Waals surface area contributed by atoms with Gasteiger partial charge in [-0.15, -0.1) is 0 Å². The Hall–Kier alpha value is -0.890. The number of aryl methyl sites for hydroxylation is 1. The SMILES string of the molecule is Cc1cc(C2CC(C)(C)CCC2N)ccc1F. The van der Waals surface area contributed by atoms with Gasteiger partial charge in [-0.3, -0.25) is 0 Å². The molecule has 0 saturated heterocycles. The Balaban J connectivity index is 2.28. The van der Waals surface area contributed by atoms with E-state index < -0.39 is 0 Å². The van der Waals surface area contributed by atoms with Crippen molar-refractivity contribution in [1.82, 2.24) is 0 Å². The van der Waals surface area contributed by atoms with E-state index in [0.29, 0.717) is 11.3 Å². The van der Waals surface area contributed by atoms with Crippen LogP contribution in [0.2, 0.25) is 0 Å². The second kappa shape index (κ2) is 4.41. The van der Waals surface area contributed by atoms with Gasteiger partial charge in [-0.25, -0.2) is 4.39 Å². The average Bonchev–Trinajstić information content (AvgIpc) is 2.26. The molecule has 1 aliphatic carbocycles. The summed E-state index contributed by atoms with van der Waals surface area (Å²) in [7, 11) is 0. The molecular formula is C15H22FN. The van der Waals surface area contributed by atoms with E-state index in [1.807, 2.05) is 19.1 Å². The summed E-state index contributed by atoms with van der Waals surface area (Å²) in [6, 6.07) is 5.64. The molecule has 2 rings (SSSR count). The molecule has 1 fully saturated rings. The monoisotopic (exact) mass is 235 g/mol. The molecule has 0 spiro atoms. The summed E-state index contributed by atoms with van der Waals surface area (Å²) < 4.78 is 13.3. The summed E-state index contributed by atoms with van der Waals surface area (Å²) in [5.41, 5.74) is 8.50. The molecule has 2 atom stereocenters. The van der Waals surface area contributed by atoms with Crippen molar-refractivity contribution < 1.29 is 4.39 Å². The predicted molar refractivity (Wildman–Crippen MR) is 69.5 cm³/mol. The van der Waals surface area contributed by atoms with Crippen molar-refractivity contribution in [2.45, 2.75) is 52.0 Å². The molecule has 1 aliphatic rings. The number of benzene rings is 1. The van der Waals surface area contributed by atoms with Gasteiger partial charge in [0.25, 0.3) is 0 Å². The number of nitrogens with two attached hydrogens (primary N) is 1. The van der Waals surface area contributed by atoms with Crippen LogP contribution in [-0.2, 0) is 0 Å². The maximum Gasteiger partial charge on any atom is 0.126 e. The quantitative estimate of drug-likeness (QED) is 0.788. The van der Waals surface area contributed by atoms with E-state index in [1.165, 1.54) is 12.0 Å². The van der Waals surface area contributed by atoms with Crippen molar-refractivity contribution in [3.63, 3.8) is 0 Å². The van der Waals surface area contributed by atoms with Crippen LogP contribution in [0.3, 0.4) is 0 Å². The maximum atomic E-state index is 13.3. The van der Waals surface area contributed by atoms with Crippen molar-refractivity contribution in [1.29, 1.82) is 0 Å². The Bertz CT molecular complexity index is 411. The van der Waals surface area contributed by atoms with Gasteiger partial charge in [-0.05, 0) is 54.7 Å². The van der Waals surface area contributed by atoms with Crippen LogP contribution in [0.25, 0.3) is 0 Å². The van der Waals surface area contributed by atoms with Gasteiger partial charge in [0, 0.05) is 6.04 Å². The van der Waals surface area contributed by atoms with Crippen molar-refractivity contribution in [2.24, 2.45) is 11.1 Å². The molecule has 0 heterocycles. The normalized spacial score (nSPS) is 28.1. The maximum absolute atomic E-state index is 13.3. The van der Waals surface area contributed by atoms with Crippen LogP contribution in [0, 0.1) is 18.2 Å². The molecule has 1 saturated carbocycles. The third-order valence-corrected chi connectivity index (χ3v) is 4.05. The zero-order valence-electron chi connectivity index (χ0n) is 11.0. The van der Waals surface area contributed by atoms with Crippen LogP contribution in [0.5, 0.6) is 0 Å². The Kier molecular flexibility index (Phi) is 3.26. The molecule has 0 aromatic heterocycles. The van der Waals surface area contributed by atoms with Gasteiger partial charge in [0.1, 0.15) is 5.82 Å². The van der Waals surface area contributed by atoms with Gasteiger partial charge < -0.3 is 5.73 Å². The van der Waals surface area contributed by atoms with E-state index in [0.717, 1.165) is 18.4 Å². The molecule has 1 aromatic carbocycles. The van der Waals surface area contributed by atoms with E-state index in [4.69, 9.17) is 5.73 Å². The fraction of sp³-hybridized carbons (Fsp3) is 0.600. The van der Waals surface area contributed by atoms with Crippen molar-refractivity contribution >= 4 is 0 Å². The third kappa shape index (κ3) is 2.68. The highest BCUT2D eigenvalue weighted by atomic mass is 19.1. The summed E-state index contributed by atoms with van der Waals surface area (Å²) in [6.07, 6.45) is 3.35. The number of hydrogen-bond donors (Lipinski definition) is 1. The zero-order valence-corrected chi connectivity index (χ0v) is 11.0. The van der Waals surface area contributed by atoms with Crippen molar-refractivity contribution in [3.05, 3.63) is 35.1 Å². The van der Waals surface area contributed by atoms with Crippen molar-refractivity contribution in [2.75, 3.05) is 0 Å². The fourth-order valence-electron chi connectivity index (χ4n) is 2.87. The molecule has 0 bridgehead atoms. The third-order valence-electron chi connectivity index (χ3n) is 4.05. The van der Waals surface area contributed by atoms with Gasteiger partial charge >= 0.3 is 0 Å². The lowest BCUT2D eigenvalue weighted by molar-refractivity contribution is 0.198. The van der Waals surface area contributed by atoms with Crippen LogP contribution in [0.15, 0.2) is 18.2 Å². The first kappa shape index (κ1) is 12.6. The molecule has 0 amide bonds. The van der Waals surface area contributed by atoms with E-state index in [9.17, 15) is 4.39 Å². The highest BCUT2D eigenvalue weighted by Crippen LogP contribution is 2.42. The summed E-state index contributed by atoms with van der Waals surface area (Å²) >= 11 is 0. The summed E-state index contributed by atoms with van der Waals surface area (Å²) in [6.45, 7) is 6.41. The second-order valence-electron chi connectivity index (χ2n) is 6.19. The van der Waals surface area contributed by atoms with E-state index in [1.54, 1.807) is 6.07 Å². The molecule has 17 heavy (non-hydrogen) atoms. The first-order valence-corrected chi connectivity index (χ1v) is 6.41. The zero-order chi connectivity index (χ0) is 12.6. The Labute approximate surface area is 103 Å². The molecule has 2 heteroatoms. The topological polar surface area (TPSA) is 26.0 Å². The molecule has 1 nitrogen and oxygen atoms in total. The van der Waals surface area contributed by atoms with Crippen LogP contribution in [-0.4, -0.2) is 6.04 Å². The Morgan fingerprint density at radius 3 is 2.71 bits per heavy atom. The highest BCUT2D eigenvalue weighted by molar-refractivity contribution is 5.28. The molecular weight excluding hydrogens is 213 g/mol. The largest absolute Gasteiger partial charge is 0.327 e. The molecule has 2 N–H and O–H groups in total. The summed E-state index contributed by atoms with van der Waals surface area (Å²) in [4.78, 5) is 0. The van der Waals surface area contributed by atoms with E-state index >= 15 is 0 Å². The highest BCUT2D eigenvalue weighted by Gasteiger charge is 2.33. The number of halogens is 1. The first-order valence-electron chi connectivity index (χ1n) is 6.41. The lowest BCUT2D eigenvalue weighted by atomic mass is 9.68. The molecule has 2 unspecified atom stereocenters. The molecule has 94 valence electrons. The Morgan fingerprint density at radius 1 is 1.35 bits per heavy atom. The summed E-state index contributed by atoms with van der Waals surface area (Å²) in [5, 5.41) is 0. The number of hydrogen-bond acceptors (Lipinski definition) is 1. The minimum absolute atomic E-state index is 0.127. The predicted octanol–water partition coefficient (Wildman–Crippen LogP) is 3.76. The van der Waals surface area contributed by atoms with Crippen molar-refractivity contribution in [3.8, 4) is 0 Å². The smallest absolute Gasteiger partial charge is 0.126 e. The minimum atomic E-state index is -0.127. The van der Waals surface area contributed by atoms with Crippen LogP contribution >= 0.6 is 0 Å². The summed E-state index contributed by atoms with van der Waals surface area (Å²) in [5.74, 6) is 0.246. The number of rotatable bonds is 1. The minimum Gasteiger partial charge on any atom is -0.327 e. The van der Waals surface area contributed by atoms with Gasteiger partial charge in [-0.2, -0.15) is 0 Å². The molecule has 0 aliphatic heterocycles. The lowest BCUT2D eigenvalue weighted by Gasteiger charge is -2.39. The van der Waals surface area contributed by atoms with Crippen LogP contribution in [0.1, 0.15) is 50.2 Å². The lowest BCUT2D eigenvalue weighted by Crippen LogP contribution is -2.37. The van der Waals surface area contributed by atoms with Crippen LogP contribution < -0.4 is 5.73 Å². The van der Waals surface area contributed by atoms with E-state index in [2.05, 4.69) is 13.8 Å². The first-order chi connectivity index (χ1) is 7.89. The fourth-order valence-corrected chi connectivity index (χ4v) is 2.87. The van der Waals surface area contributed by atoms with Gasteiger partial charge in [0.05, 0.1) is 0 Å². The second-order valence-corrected chi connectivity index (χ2v) is 6.19.